The van der Waals surface area contributed by atoms with Gasteiger partial charge in [-0.15, -0.1) is 0 Å². The van der Waals surface area contributed by atoms with Crippen LogP contribution in [0.15, 0.2) is 12.1 Å². The van der Waals surface area contributed by atoms with Crippen molar-refractivity contribution < 1.29 is 18.3 Å². The van der Waals surface area contributed by atoms with Crippen LogP contribution in [0.25, 0.3) is 0 Å². The molecule has 0 bridgehead atoms. The second-order valence-electron chi connectivity index (χ2n) is 11.3. The van der Waals surface area contributed by atoms with Gasteiger partial charge in [0.05, 0.1) is 6.61 Å². The highest BCUT2D eigenvalue weighted by molar-refractivity contribution is 6.72. The van der Waals surface area contributed by atoms with E-state index in [1.807, 2.05) is 0 Å². The van der Waals surface area contributed by atoms with E-state index >= 15 is 0 Å². The Morgan fingerprint density at radius 3 is 1.85 bits per heavy atom. The van der Waals surface area contributed by atoms with Crippen LogP contribution < -0.4 is 4.43 Å². The molecule has 1 aromatic carbocycles. The fraction of sp³-hybridized carbons (Fsp3) is 0.714. The van der Waals surface area contributed by atoms with Crippen molar-refractivity contribution in [3.8, 4) is 11.5 Å². The molecular formula is C21H39FO3Si2. The first-order chi connectivity index (χ1) is 11.9. The average Bonchev–Trinajstić information content (AvgIpc) is 2.36. The van der Waals surface area contributed by atoms with Crippen LogP contribution in [0.4, 0.5) is 4.39 Å². The van der Waals surface area contributed by atoms with Gasteiger partial charge in [-0.2, -0.15) is 4.39 Å². The lowest BCUT2D eigenvalue weighted by atomic mass is 10.0. The number of aromatic hydroxyl groups is 1. The van der Waals surface area contributed by atoms with Crippen molar-refractivity contribution in [2.45, 2.75) is 86.4 Å². The van der Waals surface area contributed by atoms with Crippen molar-refractivity contribution >= 4 is 16.6 Å². The van der Waals surface area contributed by atoms with Gasteiger partial charge >= 0.3 is 0 Å². The Balaban J connectivity index is 2.97. The number of hydrogen-bond acceptors (Lipinski definition) is 3. The topological polar surface area (TPSA) is 38.7 Å². The number of hydrogen-bond donors (Lipinski definition) is 1. The van der Waals surface area contributed by atoms with Crippen LogP contribution in [0.3, 0.4) is 0 Å². The summed E-state index contributed by atoms with van der Waals surface area (Å²) in [6.07, 6.45) is 0. The molecule has 0 fully saturated rings. The van der Waals surface area contributed by atoms with E-state index < -0.39 is 22.5 Å². The van der Waals surface area contributed by atoms with E-state index in [0.29, 0.717) is 6.61 Å². The summed E-state index contributed by atoms with van der Waals surface area (Å²) in [5.41, 5.74) is 1.06. The molecule has 0 heterocycles. The predicted molar refractivity (Wildman–Crippen MR) is 117 cm³/mol. The quantitative estimate of drug-likeness (QED) is 0.492. The Kier molecular flexibility index (Phi) is 7.39. The summed E-state index contributed by atoms with van der Waals surface area (Å²) in [5, 5.41) is 10.0. The maximum Gasteiger partial charge on any atom is 0.245 e. The van der Waals surface area contributed by atoms with E-state index in [-0.39, 0.29) is 22.3 Å². The molecule has 0 aliphatic heterocycles. The van der Waals surface area contributed by atoms with Crippen molar-refractivity contribution in [1.29, 1.82) is 0 Å². The molecule has 0 aromatic heterocycles. The normalized spacial score (nSPS) is 13.7. The summed E-state index contributed by atoms with van der Waals surface area (Å²) in [6, 6.07) is 5.06. The van der Waals surface area contributed by atoms with E-state index in [1.54, 1.807) is 6.07 Å². The first-order valence-corrected chi connectivity index (χ1v) is 16.0. The minimum absolute atomic E-state index is 0.109. The van der Waals surface area contributed by atoms with Gasteiger partial charge in [0, 0.05) is 0 Å². The van der Waals surface area contributed by atoms with E-state index in [1.165, 1.54) is 6.07 Å². The molecule has 1 aromatic rings. The van der Waals surface area contributed by atoms with Crippen LogP contribution in [0, 0.1) is 16.6 Å². The minimum Gasteiger partial charge on any atom is -0.542 e. The van der Waals surface area contributed by atoms with Crippen LogP contribution in [0.2, 0.25) is 38.3 Å². The largest absolute Gasteiger partial charge is 0.542 e. The van der Waals surface area contributed by atoms with Crippen molar-refractivity contribution in [1.82, 2.24) is 0 Å². The molecular weight excluding hydrogens is 375 g/mol. The zero-order chi connectivity index (χ0) is 21.3. The van der Waals surface area contributed by atoms with Gasteiger partial charge in [-0.3, -0.25) is 0 Å². The maximum atomic E-state index is 14.5. The minimum atomic E-state index is -2.13. The van der Waals surface area contributed by atoms with Gasteiger partial charge in [-0.05, 0) is 66.8 Å². The third kappa shape index (κ3) is 9.26. The lowest BCUT2D eigenvalue weighted by Gasteiger charge is -2.32. The number of rotatable bonds is 7. The Morgan fingerprint density at radius 1 is 0.889 bits per heavy atom. The lowest BCUT2D eigenvalue weighted by molar-refractivity contribution is 0.279. The molecule has 0 aliphatic carbocycles. The highest BCUT2D eigenvalue weighted by Crippen LogP contribution is 2.35. The molecule has 156 valence electrons. The molecule has 0 aliphatic rings. The lowest BCUT2D eigenvalue weighted by Crippen LogP contribution is -2.38. The molecule has 0 spiro atoms. The highest BCUT2D eigenvalue weighted by Gasteiger charge is 2.33. The fourth-order valence-electron chi connectivity index (χ4n) is 4.01. The molecule has 3 nitrogen and oxygen atoms in total. The highest BCUT2D eigenvalue weighted by atomic mass is 28.4. The van der Waals surface area contributed by atoms with E-state index in [9.17, 15) is 9.50 Å². The van der Waals surface area contributed by atoms with E-state index in [0.717, 1.165) is 17.7 Å². The van der Waals surface area contributed by atoms with E-state index in [2.05, 4.69) is 67.7 Å². The smallest absolute Gasteiger partial charge is 0.245 e. The van der Waals surface area contributed by atoms with Gasteiger partial charge in [-0.1, -0.05) is 41.5 Å². The molecule has 0 amide bonds. The van der Waals surface area contributed by atoms with Crippen LogP contribution in [-0.2, 0) is 11.0 Å². The Morgan fingerprint density at radius 2 is 1.37 bits per heavy atom. The summed E-state index contributed by atoms with van der Waals surface area (Å²) in [4.78, 5) is 0. The monoisotopic (exact) mass is 414 g/mol. The molecule has 0 radical (unpaired) electrons. The average molecular weight is 415 g/mol. The van der Waals surface area contributed by atoms with Crippen LogP contribution in [0.1, 0.15) is 47.1 Å². The second kappa shape index (κ2) is 8.25. The molecule has 0 unspecified atom stereocenters. The van der Waals surface area contributed by atoms with Crippen LogP contribution in [0.5, 0.6) is 11.5 Å². The number of phenols is 1. The van der Waals surface area contributed by atoms with Crippen LogP contribution >= 0.6 is 0 Å². The van der Waals surface area contributed by atoms with Gasteiger partial charge < -0.3 is 14.0 Å². The Bertz CT molecular complexity index is 644. The van der Waals surface area contributed by atoms with Gasteiger partial charge in [-0.25, -0.2) is 0 Å². The molecule has 0 saturated carbocycles. The molecule has 1 rings (SSSR count). The first-order valence-electron chi connectivity index (χ1n) is 9.74. The summed E-state index contributed by atoms with van der Waals surface area (Å²) >= 11 is 0. The summed E-state index contributed by atoms with van der Waals surface area (Å²) in [5.74, 6) is -0.911. The number of phenolic OH excluding ortho intramolecular Hbond substituents is 1. The molecule has 1 N–H and O–H groups in total. The molecule has 0 atom stereocenters. The third-order valence-electron chi connectivity index (χ3n) is 4.01. The zero-order valence-electron chi connectivity index (χ0n) is 18.9. The van der Waals surface area contributed by atoms with Crippen molar-refractivity contribution in [3.05, 3.63) is 23.5 Å². The van der Waals surface area contributed by atoms with Crippen molar-refractivity contribution in [2.24, 2.45) is 10.8 Å². The van der Waals surface area contributed by atoms with E-state index in [4.69, 9.17) is 8.85 Å². The molecule has 27 heavy (non-hydrogen) atoms. The molecule has 6 heteroatoms. The fourth-order valence-corrected chi connectivity index (χ4v) is 10.6. The van der Waals surface area contributed by atoms with Gasteiger partial charge in [0.2, 0.25) is 14.1 Å². The number of halogens is 1. The van der Waals surface area contributed by atoms with Crippen LogP contribution in [-0.4, -0.2) is 21.7 Å². The zero-order valence-corrected chi connectivity index (χ0v) is 20.9. The van der Waals surface area contributed by atoms with Crippen molar-refractivity contribution in [2.75, 3.05) is 0 Å². The second-order valence-corrected chi connectivity index (χ2v) is 19.6. The third-order valence-corrected chi connectivity index (χ3v) is 9.53. The first kappa shape index (κ1) is 24.2. The predicted octanol–water partition coefficient (Wildman–Crippen LogP) is 6.93. The maximum absolute atomic E-state index is 14.5. The Hall–Kier alpha value is -0.856. The van der Waals surface area contributed by atoms with Gasteiger partial charge in [0.15, 0.2) is 14.1 Å². The van der Waals surface area contributed by atoms with Crippen molar-refractivity contribution in [3.63, 3.8) is 0 Å². The summed E-state index contributed by atoms with van der Waals surface area (Å²) in [7, 11) is -3.99. The summed E-state index contributed by atoms with van der Waals surface area (Å²) < 4.78 is 26.8. The molecule has 0 saturated heterocycles. The number of benzene rings is 1. The van der Waals surface area contributed by atoms with Gasteiger partial charge in [0.1, 0.15) is 5.75 Å². The Labute approximate surface area is 167 Å². The SMILES string of the molecule is CC(C)(C)C[Si](C)(C)OCc1cc(O)c(F)c(O[Si](C)(C)CC(C)(C)C)c1. The van der Waals surface area contributed by atoms with Gasteiger partial charge in [0.25, 0.3) is 0 Å². The summed E-state index contributed by atoms with van der Waals surface area (Å²) in [6.45, 7) is 22.0. The standard InChI is InChI=1S/C21H39FO3Si2/c1-20(2,3)14-26(7,8)24-13-16-11-17(23)19(22)18(12-16)25-27(9,10)15-21(4,5)6/h11-12,23H,13-15H2,1-10H3.